The van der Waals surface area contributed by atoms with Crippen LogP contribution in [0.1, 0.15) is 12.6 Å². The number of hydrogen-bond acceptors (Lipinski definition) is 5. The maximum Gasteiger partial charge on any atom is 0.128 e. The second kappa shape index (κ2) is 7.02. The van der Waals surface area contributed by atoms with E-state index in [2.05, 4.69) is 33.8 Å². The van der Waals surface area contributed by atoms with Crippen LogP contribution in [-0.2, 0) is 4.74 Å². The van der Waals surface area contributed by atoms with Crippen molar-refractivity contribution in [3.63, 3.8) is 0 Å². The van der Waals surface area contributed by atoms with Crippen LogP contribution in [0.25, 0.3) is 0 Å². The summed E-state index contributed by atoms with van der Waals surface area (Å²) in [5, 5.41) is 9.85. The zero-order valence-corrected chi connectivity index (χ0v) is 12.6. The summed E-state index contributed by atoms with van der Waals surface area (Å²) in [6, 6.07) is 6.54. The number of piperazine rings is 1. The van der Waals surface area contributed by atoms with Crippen LogP contribution in [0, 0.1) is 6.92 Å². The smallest absolute Gasteiger partial charge is 0.128 e. The van der Waals surface area contributed by atoms with E-state index in [1.54, 1.807) is 7.11 Å². The van der Waals surface area contributed by atoms with Gasteiger partial charge >= 0.3 is 0 Å². The van der Waals surface area contributed by atoms with Crippen LogP contribution in [-0.4, -0.2) is 67.0 Å². The predicted octanol–water partition coefficient (Wildman–Crippen LogP) is 0.908. The summed E-state index contributed by atoms with van der Waals surface area (Å²) >= 11 is 0. The number of hydrogen-bond donors (Lipinski definition) is 1. The number of β-amino-alcohol motifs (C(OH)–C–C–N with tert-alkyl or cyclic N) is 1. The molecule has 0 bridgehead atoms. The Morgan fingerprint density at radius 1 is 1.45 bits per heavy atom. The van der Waals surface area contributed by atoms with Crippen molar-refractivity contribution in [2.45, 2.75) is 26.0 Å². The molecule has 0 aliphatic carbocycles. The Hall–Kier alpha value is -1.17. The third kappa shape index (κ3) is 3.91. The van der Waals surface area contributed by atoms with E-state index in [0.717, 1.165) is 31.1 Å². The van der Waals surface area contributed by atoms with Gasteiger partial charge in [0.25, 0.3) is 0 Å². The topological polar surface area (TPSA) is 48.8 Å². The highest BCUT2D eigenvalue weighted by molar-refractivity contribution is 5.40. The largest absolute Gasteiger partial charge is 0.389 e. The lowest BCUT2D eigenvalue weighted by molar-refractivity contribution is 0.0260. The number of aliphatic hydroxyl groups is 1. The minimum Gasteiger partial charge on any atom is -0.389 e. The Labute approximate surface area is 121 Å². The van der Waals surface area contributed by atoms with Crippen molar-refractivity contribution in [1.29, 1.82) is 0 Å². The number of anilines is 1. The molecule has 1 N–H and O–H groups in total. The molecule has 2 atom stereocenters. The van der Waals surface area contributed by atoms with E-state index in [1.807, 2.05) is 13.0 Å². The number of ether oxygens (including phenoxy) is 1. The Bertz CT molecular complexity index is 427. The van der Waals surface area contributed by atoms with Crippen LogP contribution in [0.4, 0.5) is 5.82 Å². The molecule has 0 spiro atoms. The molecule has 112 valence electrons. The lowest BCUT2D eigenvalue weighted by atomic mass is 10.1. The van der Waals surface area contributed by atoms with E-state index in [1.165, 1.54) is 0 Å². The quantitative estimate of drug-likeness (QED) is 0.868. The molecule has 2 heterocycles. The zero-order valence-electron chi connectivity index (χ0n) is 12.6. The van der Waals surface area contributed by atoms with Gasteiger partial charge in [0.05, 0.1) is 12.7 Å². The first kappa shape index (κ1) is 15.2. The molecule has 1 aliphatic rings. The molecule has 0 unspecified atom stereocenters. The van der Waals surface area contributed by atoms with Gasteiger partial charge in [-0.2, -0.15) is 0 Å². The first-order valence-corrected chi connectivity index (χ1v) is 7.20. The van der Waals surface area contributed by atoms with Gasteiger partial charge in [-0.25, -0.2) is 4.98 Å². The number of methoxy groups -OCH3 is 1. The van der Waals surface area contributed by atoms with Gasteiger partial charge in [0, 0.05) is 45.0 Å². The van der Waals surface area contributed by atoms with Crippen LogP contribution in [0.3, 0.4) is 0 Å². The maximum absolute atomic E-state index is 9.85. The fourth-order valence-corrected chi connectivity index (χ4v) is 2.70. The van der Waals surface area contributed by atoms with Gasteiger partial charge in [0.1, 0.15) is 5.82 Å². The highest BCUT2D eigenvalue weighted by Crippen LogP contribution is 2.17. The average molecular weight is 279 g/mol. The Morgan fingerprint density at radius 3 is 2.90 bits per heavy atom. The third-order valence-electron chi connectivity index (χ3n) is 3.77. The van der Waals surface area contributed by atoms with Gasteiger partial charge in [-0.05, 0) is 26.0 Å². The van der Waals surface area contributed by atoms with Crippen LogP contribution in [0.15, 0.2) is 18.2 Å². The molecule has 0 saturated carbocycles. The molecule has 5 nitrogen and oxygen atoms in total. The fraction of sp³-hybridized carbons (Fsp3) is 0.667. The van der Waals surface area contributed by atoms with E-state index in [0.29, 0.717) is 19.2 Å². The molecule has 5 heteroatoms. The number of pyridine rings is 1. The minimum absolute atomic E-state index is 0.395. The molecule has 20 heavy (non-hydrogen) atoms. The Morgan fingerprint density at radius 2 is 2.25 bits per heavy atom. The molecule has 1 aliphatic heterocycles. The maximum atomic E-state index is 9.85. The van der Waals surface area contributed by atoms with Gasteiger partial charge in [0.15, 0.2) is 0 Å². The third-order valence-corrected chi connectivity index (χ3v) is 3.77. The summed E-state index contributed by atoms with van der Waals surface area (Å²) in [6.07, 6.45) is -0.411. The van der Waals surface area contributed by atoms with Crippen molar-refractivity contribution in [2.24, 2.45) is 0 Å². The lowest BCUT2D eigenvalue weighted by Crippen LogP contribution is -2.54. The summed E-state index contributed by atoms with van der Waals surface area (Å²) in [4.78, 5) is 9.22. The molecule has 1 fully saturated rings. The van der Waals surface area contributed by atoms with E-state index in [-0.39, 0.29) is 0 Å². The van der Waals surface area contributed by atoms with Crippen molar-refractivity contribution in [1.82, 2.24) is 9.88 Å². The average Bonchev–Trinajstić information content (AvgIpc) is 2.41. The van der Waals surface area contributed by atoms with Crippen LogP contribution >= 0.6 is 0 Å². The van der Waals surface area contributed by atoms with E-state index >= 15 is 0 Å². The molecule has 0 aromatic carbocycles. The zero-order chi connectivity index (χ0) is 14.5. The van der Waals surface area contributed by atoms with E-state index in [4.69, 9.17) is 4.74 Å². The van der Waals surface area contributed by atoms with Crippen molar-refractivity contribution in [2.75, 3.05) is 44.8 Å². The number of aryl methyl sites for hydroxylation is 1. The van der Waals surface area contributed by atoms with Gasteiger partial charge in [-0.1, -0.05) is 6.07 Å². The first-order valence-electron chi connectivity index (χ1n) is 7.20. The number of rotatable bonds is 5. The minimum atomic E-state index is -0.411. The number of nitrogens with zero attached hydrogens (tertiary/aromatic N) is 3. The van der Waals surface area contributed by atoms with Gasteiger partial charge in [-0.3, -0.25) is 4.90 Å². The fourth-order valence-electron chi connectivity index (χ4n) is 2.70. The van der Waals surface area contributed by atoms with Gasteiger partial charge in [0.2, 0.25) is 0 Å². The van der Waals surface area contributed by atoms with Crippen LogP contribution in [0.5, 0.6) is 0 Å². The van der Waals surface area contributed by atoms with Crippen molar-refractivity contribution < 1.29 is 9.84 Å². The molecule has 1 saturated heterocycles. The van der Waals surface area contributed by atoms with E-state index in [9.17, 15) is 5.11 Å². The first-order chi connectivity index (χ1) is 9.60. The SMILES string of the molecule is COC[C@H](O)CN1CCN(c2cccc(C)n2)C[C@@H]1C. The van der Waals surface area contributed by atoms with Crippen LogP contribution in [0.2, 0.25) is 0 Å². The molecule has 2 rings (SSSR count). The summed E-state index contributed by atoms with van der Waals surface area (Å²) in [5.41, 5.74) is 1.05. The van der Waals surface area contributed by atoms with Crippen LogP contribution < -0.4 is 4.90 Å². The molecular formula is C15H25N3O2. The second-order valence-electron chi connectivity index (χ2n) is 5.54. The number of aliphatic hydroxyl groups excluding tert-OH is 1. The molecular weight excluding hydrogens is 254 g/mol. The second-order valence-corrected chi connectivity index (χ2v) is 5.54. The monoisotopic (exact) mass is 279 g/mol. The molecule has 0 radical (unpaired) electrons. The van der Waals surface area contributed by atoms with Crippen molar-refractivity contribution in [3.05, 3.63) is 23.9 Å². The Balaban J connectivity index is 1.92. The lowest BCUT2D eigenvalue weighted by Gasteiger charge is -2.41. The van der Waals surface area contributed by atoms with Gasteiger partial charge in [-0.15, -0.1) is 0 Å². The highest BCUT2D eigenvalue weighted by atomic mass is 16.5. The highest BCUT2D eigenvalue weighted by Gasteiger charge is 2.25. The van der Waals surface area contributed by atoms with Crippen molar-refractivity contribution >= 4 is 5.82 Å². The standard InChI is InChI=1S/C15H25N3O2/c1-12-5-4-6-15(16-12)18-8-7-17(13(2)9-18)10-14(19)11-20-3/h4-6,13-14,19H,7-11H2,1-3H3/t13-,14+/m0/s1. The normalized spacial score (nSPS) is 22.0. The summed E-state index contributed by atoms with van der Waals surface area (Å²) < 4.78 is 4.99. The molecule has 1 aromatic heterocycles. The van der Waals surface area contributed by atoms with Gasteiger partial charge < -0.3 is 14.7 Å². The van der Waals surface area contributed by atoms with Crippen molar-refractivity contribution in [3.8, 4) is 0 Å². The predicted molar refractivity (Wildman–Crippen MR) is 80.1 cm³/mol. The summed E-state index contributed by atoms with van der Waals surface area (Å²) in [5.74, 6) is 1.05. The Kier molecular flexibility index (Phi) is 5.34. The molecule has 0 amide bonds. The molecule has 1 aromatic rings. The summed E-state index contributed by atoms with van der Waals surface area (Å²) in [7, 11) is 1.62. The van der Waals surface area contributed by atoms with E-state index < -0.39 is 6.10 Å². The summed E-state index contributed by atoms with van der Waals surface area (Å²) in [6.45, 7) is 8.11. The number of aromatic nitrogens is 1.